The molecule has 0 saturated carbocycles. The molecule has 4 heteroatoms. The highest BCUT2D eigenvalue weighted by Gasteiger charge is 1.90. The maximum atomic E-state index is 5.13. The minimum atomic E-state index is 0.719. The number of hydrogen-bond acceptors (Lipinski definition) is 3. The number of imidazole rings is 1. The summed E-state index contributed by atoms with van der Waals surface area (Å²) in [6.07, 6.45) is 3.49. The number of H-pyrrole nitrogens is 1. The van der Waals surface area contributed by atoms with Gasteiger partial charge in [0.05, 0.1) is 6.61 Å². The molecule has 0 spiro atoms. The zero-order valence-electron chi connectivity index (χ0n) is 6.63. The second kappa shape index (κ2) is 4.73. The van der Waals surface area contributed by atoms with Gasteiger partial charge in [0, 0.05) is 25.5 Å². The van der Waals surface area contributed by atoms with Crippen LogP contribution in [0.2, 0.25) is 0 Å². The predicted octanol–water partition coefficient (Wildman–Crippen LogP) is 0.858. The summed E-state index contributed by atoms with van der Waals surface area (Å²) in [5.41, 5.74) is 0. The van der Waals surface area contributed by atoms with E-state index in [9.17, 15) is 0 Å². The van der Waals surface area contributed by atoms with Crippen molar-refractivity contribution in [3.63, 3.8) is 0 Å². The molecule has 0 bridgehead atoms. The molecule has 0 aliphatic heterocycles. The van der Waals surface area contributed by atoms with Crippen LogP contribution in [-0.2, 0) is 4.74 Å². The monoisotopic (exact) mass is 155 g/mol. The Morgan fingerprint density at radius 2 is 2.64 bits per heavy atom. The Morgan fingerprint density at radius 1 is 1.73 bits per heavy atom. The van der Waals surface area contributed by atoms with Gasteiger partial charge in [0.2, 0.25) is 0 Å². The molecule has 62 valence electrons. The van der Waals surface area contributed by atoms with Crippen LogP contribution in [0.15, 0.2) is 12.4 Å². The number of aromatic amines is 1. The average molecular weight is 155 g/mol. The van der Waals surface area contributed by atoms with Crippen LogP contribution in [0, 0.1) is 0 Å². The Morgan fingerprint density at radius 3 is 3.27 bits per heavy atom. The fourth-order valence-corrected chi connectivity index (χ4v) is 0.748. The van der Waals surface area contributed by atoms with Gasteiger partial charge in [-0.05, 0) is 6.92 Å². The van der Waals surface area contributed by atoms with Crippen molar-refractivity contribution in [2.45, 2.75) is 6.92 Å². The zero-order chi connectivity index (χ0) is 7.94. The summed E-state index contributed by atoms with van der Waals surface area (Å²) < 4.78 is 5.13. The van der Waals surface area contributed by atoms with E-state index in [1.54, 1.807) is 12.4 Å². The highest BCUT2D eigenvalue weighted by molar-refractivity contribution is 5.22. The SMILES string of the molecule is CCOCCNc1ncc[nH]1. The second-order valence-electron chi connectivity index (χ2n) is 2.06. The Hall–Kier alpha value is -1.03. The van der Waals surface area contributed by atoms with Gasteiger partial charge in [-0.3, -0.25) is 0 Å². The highest BCUT2D eigenvalue weighted by Crippen LogP contribution is 1.92. The molecule has 0 unspecified atom stereocenters. The Labute approximate surface area is 66.0 Å². The highest BCUT2D eigenvalue weighted by atomic mass is 16.5. The van der Waals surface area contributed by atoms with Crippen LogP contribution in [-0.4, -0.2) is 29.7 Å². The molecule has 1 aromatic rings. The Bertz CT molecular complexity index is 174. The number of aromatic nitrogens is 2. The molecular formula is C7H13N3O. The van der Waals surface area contributed by atoms with E-state index in [2.05, 4.69) is 15.3 Å². The van der Waals surface area contributed by atoms with Crippen LogP contribution in [0.5, 0.6) is 0 Å². The fourth-order valence-electron chi connectivity index (χ4n) is 0.748. The molecule has 1 aromatic heterocycles. The average Bonchev–Trinajstić information content (AvgIpc) is 2.50. The van der Waals surface area contributed by atoms with Crippen LogP contribution in [0.3, 0.4) is 0 Å². The number of hydrogen-bond donors (Lipinski definition) is 2. The third-order valence-electron chi connectivity index (χ3n) is 1.24. The molecule has 0 amide bonds. The number of nitrogens with zero attached hydrogens (tertiary/aromatic N) is 1. The van der Waals surface area contributed by atoms with Gasteiger partial charge in [0.1, 0.15) is 0 Å². The molecule has 0 aliphatic rings. The molecule has 0 radical (unpaired) electrons. The summed E-state index contributed by atoms with van der Waals surface area (Å²) in [6, 6.07) is 0. The van der Waals surface area contributed by atoms with Gasteiger partial charge in [0.25, 0.3) is 0 Å². The summed E-state index contributed by atoms with van der Waals surface area (Å²) >= 11 is 0. The van der Waals surface area contributed by atoms with E-state index in [0.29, 0.717) is 0 Å². The molecule has 1 rings (SSSR count). The summed E-state index contributed by atoms with van der Waals surface area (Å²) in [4.78, 5) is 6.93. The fraction of sp³-hybridized carbons (Fsp3) is 0.571. The lowest BCUT2D eigenvalue weighted by atomic mass is 10.7. The Kier molecular flexibility index (Phi) is 3.47. The van der Waals surface area contributed by atoms with Crippen LogP contribution >= 0.6 is 0 Å². The first-order valence-corrected chi connectivity index (χ1v) is 3.74. The van der Waals surface area contributed by atoms with Gasteiger partial charge >= 0.3 is 0 Å². The van der Waals surface area contributed by atoms with E-state index in [1.807, 2.05) is 6.92 Å². The first kappa shape index (κ1) is 8.07. The maximum Gasteiger partial charge on any atom is 0.200 e. The van der Waals surface area contributed by atoms with Gasteiger partial charge < -0.3 is 15.0 Å². The van der Waals surface area contributed by atoms with Gasteiger partial charge in [-0.15, -0.1) is 0 Å². The minimum Gasteiger partial charge on any atom is -0.380 e. The van der Waals surface area contributed by atoms with Gasteiger partial charge in [-0.1, -0.05) is 0 Å². The molecule has 0 atom stereocenters. The van der Waals surface area contributed by atoms with Crippen LogP contribution in [0.4, 0.5) is 5.95 Å². The van der Waals surface area contributed by atoms with Crippen LogP contribution < -0.4 is 5.32 Å². The van der Waals surface area contributed by atoms with E-state index in [1.165, 1.54) is 0 Å². The maximum absolute atomic E-state index is 5.13. The minimum absolute atomic E-state index is 0.719. The van der Waals surface area contributed by atoms with Gasteiger partial charge in [0.15, 0.2) is 5.95 Å². The second-order valence-corrected chi connectivity index (χ2v) is 2.06. The molecular weight excluding hydrogens is 142 g/mol. The largest absolute Gasteiger partial charge is 0.380 e. The van der Waals surface area contributed by atoms with Crippen molar-refractivity contribution in [3.8, 4) is 0 Å². The molecule has 4 nitrogen and oxygen atoms in total. The number of anilines is 1. The van der Waals surface area contributed by atoms with Crippen molar-refractivity contribution in [3.05, 3.63) is 12.4 Å². The summed E-state index contributed by atoms with van der Waals surface area (Å²) in [5.74, 6) is 0.796. The van der Waals surface area contributed by atoms with Crippen molar-refractivity contribution in [2.75, 3.05) is 25.1 Å². The molecule has 2 N–H and O–H groups in total. The molecule has 1 heterocycles. The molecule has 0 saturated heterocycles. The van der Waals surface area contributed by atoms with Crippen LogP contribution in [0.25, 0.3) is 0 Å². The van der Waals surface area contributed by atoms with Crippen molar-refractivity contribution in [1.29, 1.82) is 0 Å². The zero-order valence-corrected chi connectivity index (χ0v) is 6.63. The van der Waals surface area contributed by atoms with Crippen LogP contribution in [0.1, 0.15) is 6.92 Å². The van der Waals surface area contributed by atoms with Crippen molar-refractivity contribution in [2.24, 2.45) is 0 Å². The predicted molar refractivity (Wildman–Crippen MR) is 43.6 cm³/mol. The lowest BCUT2D eigenvalue weighted by Crippen LogP contribution is -2.09. The molecule has 0 aromatic carbocycles. The normalized spacial score (nSPS) is 9.91. The van der Waals surface area contributed by atoms with Crippen molar-refractivity contribution in [1.82, 2.24) is 9.97 Å². The third kappa shape index (κ3) is 3.04. The summed E-state index contributed by atoms with van der Waals surface area (Å²) in [7, 11) is 0. The smallest absolute Gasteiger partial charge is 0.200 e. The quantitative estimate of drug-likeness (QED) is 0.620. The first-order valence-electron chi connectivity index (χ1n) is 3.74. The van der Waals surface area contributed by atoms with E-state index in [0.717, 1.165) is 25.7 Å². The van der Waals surface area contributed by atoms with Gasteiger partial charge in [-0.25, -0.2) is 4.98 Å². The third-order valence-corrected chi connectivity index (χ3v) is 1.24. The molecule has 0 aliphatic carbocycles. The lowest BCUT2D eigenvalue weighted by Gasteiger charge is -2.01. The van der Waals surface area contributed by atoms with Gasteiger partial charge in [-0.2, -0.15) is 0 Å². The first-order chi connectivity index (χ1) is 5.43. The van der Waals surface area contributed by atoms with E-state index >= 15 is 0 Å². The number of nitrogens with one attached hydrogen (secondary N) is 2. The number of ether oxygens (including phenoxy) is 1. The summed E-state index contributed by atoms with van der Waals surface area (Å²) in [5, 5.41) is 3.07. The van der Waals surface area contributed by atoms with E-state index in [-0.39, 0.29) is 0 Å². The Balaban J connectivity index is 2.04. The lowest BCUT2D eigenvalue weighted by molar-refractivity contribution is 0.158. The standard InChI is InChI=1S/C7H13N3O/c1-2-11-6-5-10-7-8-3-4-9-7/h3-4H,2,5-6H2,1H3,(H2,8,9,10). The molecule has 11 heavy (non-hydrogen) atoms. The van der Waals surface area contributed by atoms with Crippen molar-refractivity contribution < 1.29 is 4.74 Å². The van der Waals surface area contributed by atoms with Crippen molar-refractivity contribution >= 4 is 5.95 Å². The topological polar surface area (TPSA) is 49.9 Å². The molecule has 0 fully saturated rings. The van der Waals surface area contributed by atoms with E-state index < -0.39 is 0 Å². The summed E-state index contributed by atoms with van der Waals surface area (Å²) in [6.45, 7) is 4.26. The number of rotatable bonds is 5. The van der Waals surface area contributed by atoms with E-state index in [4.69, 9.17) is 4.74 Å².